The highest BCUT2D eigenvalue weighted by Gasteiger charge is 2.24. The summed E-state index contributed by atoms with van der Waals surface area (Å²) in [4.78, 5) is 14.3. The zero-order chi connectivity index (χ0) is 20.4. The zero-order valence-electron chi connectivity index (χ0n) is 17.8. The molecule has 1 aliphatic rings. The quantitative estimate of drug-likeness (QED) is 0.518. The first-order valence-corrected chi connectivity index (χ1v) is 10.4. The lowest BCUT2D eigenvalue weighted by atomic mass is 9.87. The first kappa shape index (κ1) is 22.1. The summed E-state index contributed by atoms with van der Waals surface area (Å²) in [7, 11) is 3.32. The Morgan fingerprint density at radius 1 is 1.14 bits per heavy atom. The van der Waals surface area contributed by atoms with Crippen molar-refractivity contribution < 1.29 is 19.0 Å². The lowest BCUT2D eigenvalue weighted by Gasteiger charge is -2.32. The third-order valence-electron chi connectivity index (χ3n) is 5.31. The van der Waals surface area contributed by atoms with Gasteiger partial charge in [-0.25, -0.2) is 0 Å². The molecule has 1 aliphatic heterocycles. The summed E-state index contributed by atoms with van der Waals surface area (Å²) in [5.41, 5.74) is 2.63. The van der Waals surface area contributed by atoms with E-state index in [9.17, 15) is 4.79 Å². The van der Waals surface area contributed by atoms with Crippen LogP contribution in [0, 0.1) is 5.92 Å². The van der Waals surface area contributed by atoms with Crippen molar-refractivity contribution in [1.82, 2.24) is 4.90 Å². The van der Waals surface area contributed by atoms with E-state index in [2.05, 4.69) is 24.1 Å². The van der Waals surface area contributed by atoms with E-state index in [1.165, 1.54) is 11.1 Å². The molecule has 156 valence electrons. The molecule has 0 radical (unpaired) electrons. The standard InChI is InChI=1S/C23H35NO4/c1-5-7-8-20-17-24(14-12-19(20)16-23(25)28-6-2)13-11-18-9-10-21(26-3)22(15-18)27-4/h9-10,15,17,19H,5-8,11-14,16H2,1-4H3. The van der Waals surface area contributed by atoms with Crippen LogP contribution in [0.25, 0.3) is 0 Å². The Morgan fingerprint density at radius 3 is 2.61 bits per heavy atom. The Balaban J connectivity index is 2.00. The third kappa shape index (κ3) is 6.47. The van der Waals surface area contributed by atoms with Crippen molar-refractivity contribution in [3.63, 3.8) is 0 Å². The number of ether oxygens (including phenoxy) is 3. The van der Waals surface area contributed by atoms with Gasteiger partial charge in [0.05, 0.1) is 27.2 Å². The van der Waals surface area contributed by atoms with Crippen LogP contribution in [0.2, 0.25) is 0 Å². The fourth-order valence-electron chi connectivity index (χ4n) is 3.70. The normalized spacial score (nSPS) is 16.5. The number of unbranched alkanes of at least 4 members (excludes halogenated alkanes) is 1. The van der Waals surface area contributed by atoms with Crippen LogP contribution in [0.1, 0.15) is 51.5 Å². The van der Waals surface area contributed by atoms with Gasteiger partial charge in [-0.2, -0.15) is 0 Å². The molecule has 0 aromatic heterocycles. The van der Waals surface area contributed by atoms with Gasteiger partial charge in [0.2, 0.25) is 0 Å². The van der Waals surface area contributed by atoms with Crippen molar-refractivity contribution in [2.45, 2.75) is 52.4 Å². The molecule has 0 spiro atoms. The fourth-order valence-corrected chi connectivity index (χ4v) is 3.70. The lowest BCUT2D eigenvalue weighted by Crippen LogP contribution is -2.30. The molecule has 0 saturated heterocycles. The fraction of sp³-hybridized carbons (Fsp3) is 0.609. The van der Waals surface area contributed by atoms with E-state index in [1.807, 2.05) is 19.1 Å². The highest BCUT2D eigenvalue weighted by molar-refractivity contribution is 5.70. The monoisotopic (exact) mass is 389 g/mol. The molecule has 0 N–H and O–H groups in total. The SMILES string of the molecule is CCCCC1=CN(CCc2ccc(OC)c(OC)c2)CCC1CC(=O)OCC. The highest BCUT2D eigenvalue weighted by atomic mass is 16.5. The number of hydrogen-bond acceptors (Lipinski definition) is 5. The van der Waals surface area contributed by atoms with Crippen LogP contribution in [-0.4, -0.2) is 44.8 Å². The Kier molecular flexibility index (Phi) is 9.18. The summed E-state index contributed by atoms with van der Waals surface area (Å²) in [5.74, 6) is 1.77. The molecule has 0 saturated carbocycles. The zero-order valence-corrected chi connectivity index (χ0v) is 17.8. The predicted octanol–water partition coefficient (Wildman–Crippen LogP) is 4.60. The largest absolute Gasteiger partial charge is 0.493 e. The molecule has 1 unspecified atom stereocenters. The second-order valence-electron chi connectivity index (χ2n) is 7.28. The Morgan fingerprint density at radius 2 is 1.93 bits per heavy atom. The van der Waals surface area contributed by atoms with Crippen molar-refractivity contribution in [2.24, 2.45) is 5.92 Å². The average molecular weight is 390 g/mol. The van der Waals surface area contributed by atoms with Gasteiger partial charge in [0.15, 0.2) is 11.5 Å². The van der Waals surface area contributed by atoms with E-state index in [1.54, 1.807) is 14.2 Å². The molecule has 0 fully saturated rings. The maximum Gasteiger partial charge on any atom is 0.306 e. The van der Waals surface area contributed by atoms with Crippen LogP contribution < -0.4 is 9.47 Å². The molecule has 1 aromatic carbocycles. The minimum atomic E-state index is -0.0753. The van der Waals surface area contributed by atoms with E-state index in [-0.39, 0.29) is 5.97 Å². The number of carbonyl (C=O) groups is 1. The van der Waals surface area contributed by atoms with Gasteiger partial charge in [-0.15, -0.1) is 0 Å². The summed E-state index contributed by atoms with van der Waals surface area (Å²) in [6.45, 7) is 6.46. The number of carbonyl (C=O) groups excluding carboxylic acids is 1. The van der Waals surface area contributed by atoms with E-state index in [4.69, 9.17) is 14.2 Å². The van der Waals surface area contributed by atoms with Gasteiger partial charge in [0.25, 0.3) is 0 Å². The molecule has 5 nitrogen and oxygen atoms in total. The summed E-state index contributed by atoms with van der Waals surface area (Å²) >= 11 is 0. The van der Waals surface area contributed by atoms with Gasteiger partial charge in [0.1, 0.15) is 0 Å². The van der Waals surface area contributed by atoms with Crippen LogP contribution >= 0.6 is 0 Å². The van der Waals surface area contributed by atoms with Crippen LogP contribution in [0.5, 0.6) is 11.5 Å². The minimum absolute atomic E-state index is 0.0753. The summed E-state index contributed by atoms with van der Waals surface area (Å²) in [5, 5.41) is 0. The topological polar surface area (TPSA) is 48.0 Å². The maximum atomic E-state index is 12.0. The number of rotatable bonds is 11. The summed E-state index contributed by atoms with van der Waals surface area (Å²) in [6.07, 6.45) is 8.15. The average Bonchev–Trinajstić information content (AvgIpc) is 2.71. The Labute approximate surface area is 169 Å². The third-order valence-corrected chi connectivity index (χ3v) is 5.31. The van der Waals surface area contributed by atoms with Crippen molar-refractivity contribution in [1.29, 1.82) is 0 Å². The second kappa shape index (κ2) is 11.6. The molecule has 1 heterocycles. The van der Waals surface area contributed by atoms with Crippen LogP contribution in [0.4, 0.5) is 0 Å². The van der Waals surface area contributed by atoms with Gasteiger partial charge in [0, 0.05) is 13.1 Å². The molecule has 2 rings (SSSR count). The number of allylic oxidation sites excluding steroid dienone is 1. The molecule has 0 amide bonds. The van der Waals surface area contributed by atoms with Crippen LogP contribution in [-0.2, 0) is 16.0 Å². The molecular weight excluding hydrogens is 354 g/mol. The van der Waals surface area contributed by atoms with Crippen LogP contribution in [0.15, 0.2) is 30.0 Å². The summed E-state index contributed by atoms with van der Waals surface area (Å²) < 4.78 is 15.9. The first-order chi connectivity index (χ1) is 13.6. The van der Waals surface area contributed by atoms with Crippen molar-refractivity contribution in [3.05, 3.63) is 35.5 Å². The molecule has 28 heavy (non-hydrogen) atoms. The first-order valence-electron chi connectivity index (χ1n) is 10.4. The molecule has 0 bridgehead atoms. The maximum absolute atomic E-state index is 12.0. The molecule has 5 heteroatoms. The molecule has 0 aliphatic carbocycles. The predicted molar refractivity (Wildman–Crippen MR) is 112 cm³/mol. The number of methoxy groups -OCH3 is 2. The van der Waals surface area contributed by atoms with E-state index < -0.39 is 0 Å². The van der Waals surface area contributed by atoms with Crippen molar-refractivity contribution in [2.75, 3.05) is 33.9 Å². The smallest absolute Gasteiger partial charge is 0.306 e. The van der Waals surface area contributed by atoms with Gasteiger partial charge < -0.3 is 19.1 Å². The molecular formula is C23H35NO4. The van der Waals surface area contributed by atoms with Crippen molar-refractivity contribution in [3.8, 4) is 11.5 Å². The van der Waals surface area contributed by atoms with E-state index >= 15 is 0 Å². The molecule has 1 aromatic rings. The number of esters is 1. The lowest BCUT2D eigenvalue weighted by molar-refractivity contribution is -0.144. The number of hydrogen-bond donors (Lipinski definition) is 0. The number of nitrogens with zero attached hydrogens (tertiary/aromatic N) is 1. The Bertz CT molecular complexity index is 656. The Hall–Kier alpha value is -2.17. The van der Waals surface area contributed by atoms with Gasteiger partial charge >= 0.3 is 5.97 Å². The van der Waals surface area contributed by atoms with Gasteiger partial charge in [-0.05, 0) is 62.4 Å². The highest BCUT2D eigenvalue weighted by Crippen LogP contribution is 2.30. The van der Waals surface area contributed by atoms with E-state index in [0.29, 0.717) is 18.9 Å². The van der Waals surface area contributed by atoms with Crippen LogP contribution in [0.3, 0.4) is 0 Å². The number of benzene rings is 1. The second-order valence-corrected chi connectivity index (χ2v) is 7.28. The summed E-state index contributed by atoms with van der Waals surface area (Å²) in [6, 6.07) is 6.10. The minimum Gasteiger partial charge on any atom is -0.493 e. The molecule has 1 atom stereocenters. The van der Waals surface area contributed by atoms with Gasteiger partial charge in [-0.3, -0.25) is 4.79 Å². The van der Waals surface area contributed by atoms with E-state index in [0.717, 1.165) is 56.7 Å². The van der Waals surface area contributed by atoms with Gasteiger partial charge in [-0.1, -0.05) is 25.0 Å². The van der Waals surface area contributed by atoms with Crippen molar-refractivity contribution >= 4 is 5.97 Å².